The number of ether oxygens (including phenoxy) is 2. The van der Waals surface area contributed by atoms with Gasteiger partial charge in [-0.25, -0.2) is 4.39 Å². The average molecular weight is 506 g/mol. The van der Waals surface area contributed by atoms with Crippen molar-refractivity contribution in [2.45, 2.75) is 61.9 Å². The van der Waals surface area contributed by atoms with Gasteiger partial charge in [-0.05, 0) is 74.8 Å². The second-order valence-electron chi connectivity index (χ2n) is 11.5. The van der Waals surface area contributed by atoms with E-state index in [0.29, 0.717) is 18.5 Å². The number of nitrogens with zero attached hydrogens (tertiary/aromatic N) is 3. The van der Waals surface area contributed by atoms with Gasteiger partial charge in [0.25, 0.3) is 0 Å². The Hall–Kier alpha value is -2.61. The van der Waals surface area contributed by atoms with Crippen molar-refractivity contribution in [3.05, 3.63) is 65.5 Å². The van der Waals surface area contributed by atoms with Gasteiger partial charge in [-0.2, -0.15) is 0 Å². The van der Waals surface area contributed by atoms with Crippen molar-refractivity contribution in [3.8, 4) is 11.5 Å². The number of hydrogen-bond donors (Lipinski definition) is 1. The summed E-state index contributed by atoms with van der Waals surface area (Å²) in [7, 11) is 1.70. The van der Waals surface area contributed by atoms with E-state index in [2.05, 4.69) is 26.8 Å². The van der Waals surface area contributed by atoms with E-state index >= 15 is 0 Å². The van der Waals surface area contributed by atoms with Crippen molar-refractivity contribution in [2.75, 3.05) is 44.7 Å². The zero-order chi connectivity index (χ0) is 25.1. The van der Waals surface area contributed by atoms with Gasteiger partial charge in [-0.1, -0.05) is 18.2 Å². The number of fused-ring (bicyclic) bond motifs is 2. The molecule has 0 aromatic heterocycles. The molecule has 0 amide bonds. The summed E-state index contributed by atoms with van der Waals surface area (Å²) in [6, 6.07) is 12.4. The maximum absolute atomic E-state index is 13.3. The lowest BCUT2D eigenvalue weighted by atomic mass is 9.69. The Balaban J connectivity index is 1.01. The van der Waals surface area contributed by atoms with Crippen LogP contribution in [0.15, 0.2) is 48.6 Å². The van der Waals surface area contributed by atoms with Crippen LogP contribution in [0, 0.1) is 5.82 Å². The molecular formula is C30H36FN3O3. The van der Waals surface area contributed by atoms with Gasteiger partial charge in [0.2, 0.25) is 0 Å². The first-order chi connectivity index (χ1) is 18.0. The molecular weight excluding hydrogens is 469 g/mol. The maximum Gasteiger partial charge on any atom is 0.166 e. The van der Waals surface area contributed by atoms with Gasteiger partial charge in [0, 0.05) is 49.4 Å². The number of aliphatic hydroxyl groups excluding tert-OH is 1. The Kier molecular flexibility index (Phi) is 5.72. The number of benzene rings is 2. The zero-order valence-electron chi connectivity index (χ0n) is 21.5. The van der Waals surface area contributed by atoms with E-state index in [1.807, 2.05) is 24.3 Å². The Labute approximate surface area is 218 Å². The van der Waals surface area contributed by atoms with Crippen LogP contribution in [0.1, 0.15) is 36.8 Å². The molecule has 5 aliphatic rings. The molecule has 7 heteroatoms. The molecule has 1 aliphatic carbocycles. The van der Waals surface area contributed by atoms with Crippen LogP contribution in [-0.2, 0) is 12.0 Å². The third kappa shape index (κ3) is 3.85. The van der Waals surface area contributed by atoms with Crippen LogP contribution in [0.5, 0.6) is 11.5 Å². The second kappa shape index (κ2) is 9.00. The van der Waals surface area contributed by atoms with E-state index in [4.69, 9.17) is 9.47 Å². The van der Waals surface area contributed by atoms with E-state index in [0.717, 1.165) is 69.3 Å². The van der Waals surface area contributed by atoms with Crippen molar-refractivity contribution in [1.29, 1.82) is 0 Å². The smallest absolute Gasteiger partial charge is 0.166 e. The number of rotatable bonds is 6. The van der Waals surface area contributed by atoms with E-state index in [1.165, 1.54) is 17.5 Å². The standard InChI is InChI=1S/C30H36FN3O3/c1-36-26-8-3-20-17-32(14-11-30-10-9-25(35)16-27(30)37-29(26)28(20)30)12-2-13-33-18-24-15-23(33)19-34(24)22-6-4-21(31)5-7-22/h3-10,23-25,27,35H,2,11-19H2,1H3. The third-order valence-electron chi connectivity index (χ3n) is 9.47. The van der Waals surface area contributed by atoms with Crippen LogP contribution in [0.2, 0.25) is 0 Å². The minimum Gasteiger partial charge on any atom is -0.493 e. The molecule has 0 radical (unpaired) electrons. The highest BCUT2D eigenvalue weighted by Gasteiger charge is 2.52. The Morgan fingerprint density at radius 2 is 1.95 bits per heavy atom. The molecule has 37 heavy (non-hydrogen) atoms. The summed E-state index contributed by atoms with van der Waals surface area (Å²) in [4.78, 5) is 7.73. The molecule has 7 rings (SSSR count). The highest BCUT2D eigenvalue weighted by Crippen LogP contribution is 2.55. The van der Waals surface area contributed by atoms with Crippen molar-refractivity contribution in [3.63, 3.8) is 0 Å². The molecule has 1 spiro atoms. The number of anilines is 1. The quantitative estimate of drug-likeness (QED) is 0.604. The fraction of sp³-hybridized carbons (Fsp3) is 0.533. The van der Waals surface area contributed by atoms with E-state index in [1.54, 1.807) is 19.2 Å². The number of halogens is 1. The fourth-order valence-electron chi connectivity index (χ4n) is 7.65. The zero-order valence-corrected chi connectivity index (χ0v) is 21.5. The Morgan fingerprint density at radius 1 is 1.08 bits per heavy atom. The number of piperazine rings is 1. The van der Waals surface area contributed by atoms with Crippen molar-refractivity contribution in [1.82, 2.24) is 9.80 Å². The molecule has 2 bridgehead atoms. The third-order valence-corrected chi connectivity index (χ3v) is 9.47. The lowest BCUT2D eigenvalue weighted by Gasteiger charge is -2.36. The van der Waals surface area contributed by atoms with Gasteiger partial charge < -0.3 is 19.5 Å². The van der Waals surface area contributed by atoms with Gasteiger partial charge >= 0.3 is 0 Å². The molecule has 196 valence electrons. The molecule has 6 nitrogen and oxygen atoms in total. The number of aliphatic hydroxyl groups is 1. The molecule has 2 aromatic carbocycles. The van der Waals surface area contributed by atoms with Crippen LogP contribution in [0.4, 0.5) is 10.1 Å². The first-order valence-electron chi connectivity index (χ1n) is 13.8. The van der Waals surface area contributed by atoms with Gasteiger partial charge in [0.05, 0.1) is 18.6 Å². The van der Waals surface area contributed by atoms with Crippen LogP contribution in [0.3, 0.4) is 0 Å². The predicted molar refractivity (Wildman–Crippen MR) is 141 cm³/mol. The summed E-state index contributed by atoms with van der Waals surface area (Å²) in [5, 5.41) is 10.3. The average Bonchev–Trinajstić information content (AvgIpc) is 3.56. The van der Waals surface area contributed by atoms with E-state index < -0.39 is 6.10 Å². The maximum atomic E-state index is 13.3. The van der Waals surface area contributed by atoms with Crippen LogP contribution < -0.4 is 14.4 Å². The summed E-state index contributed by atoms with van der Waals surface area (Å²) in [6.07, 6.45) is 7.68. The topological polar surface area (TPSA) is 48.4 Å². The summed E-state index contributed by atoms with van der Waals surface area (Å²) in [5.74, 6) is 1.50. The predicted octanol–water partition coefficient (Wildman–Crippen LogP) is 3.71. The van der Waals surface area contributed by atoms with E-state index in [-0.39, 0.29) is 17.3 Å². The summed E-state index contributed by atoms with van der Waals surface area (Å²) >= 11 is 0. The summed E-state index contributed by atoms with van der Waals surface area (Å²) in [5.41, 5.74) is 3.58. The fourth-order valence-corrected chi connectivity index (χ4v) is 7.65. The number of hydrogen-bond acceptors (Lipinski definition) is 6. The lowest BCUT2D eigenvalue weighted by molar-refractivity contribution is 0.0807. The molecule has 4 aliphatic heterocycles. The van der Waals surface area contributed by atoms with E-state index in [9.17, 15) is 9.50 Å². The molecule has 5 atom stereocenters. The normalized spacial score (nSPS) is 32.2. The molecule has 2 fully saturated rings. The Morgan fingerprint density at radius 3 is 2.73 bits per heavy atom. The summed E-state index contributed by atoms with van der Waals surface area (Å²) in [6.45, 7) is 6.28. The molecule has 5 unspecified atom stereocenters. The molecule has 4 heterocycles. The SMILES string of the molecule is COc1ccc2c3c1OC1CC(O)C=CC31CCN(CCCN1CC3CC1CN3c1ccc(F)cc1)C2. The second-order valence-corrected chi connectivity index (χ2v) is 11.5. The summed E-state index contributed by atoms with van der Waals surface area (Å²) < 4.78 is 25.5. The van der Waals surface area contributed by atoms with Gasteiger partial charge in [0.15, 0.2) is 11.5 Å². The van der Waals surface area contributed by atoms with Gasteiger partial charge in [-0.3, -0.25) is 9.80 Å². The minimum atomic E-state index is -0.450. The molecule has 0 saturated carbocycles. The number of methoxy groups -OCH3 is 1. The largest absolute Gasteiger partial charge is 0.493 e. The molecule has 2 aromatic rings. The van der Waals surface area contributed by atoms with Crippen molar-refractivity contribution < 1.29 is 19.0 Å². The number of likely N-dealkylation sites (tertiary alicyclic amines) is 1. The first-order valence-corrected chi connectivity index (χ1v) is 13.8. The minimum absolute atomic E-state index is 0.0401. The monoisotopic (exact) mass is 505 g/mol. The molecule has 2 saturated heterocycles. The van der Waals surface area contributed by atoms with Gasteiger partial charge in [-0.15, -0.1) is 0 Å². The highest BCUT2D eigenvalue weighted by molar-refractivity contribution is 5.61. The lowest BCUT2D eigenvalue weighted by Crippen LogP contribution is -2.47. The van der Waals surface area contributed by atoms with Crippen LogP contribution in [0.25, 0.3) is 0 Å². The Bertz CT molecular complexity index is 1200. The van der Waals surface area contributed by atoms with Crippen molar-refractivity contribution >= 4 is 5.69 Å². The van der Waals surface area contributed by atoms with Crippen LogP contribution >= 0.6 is 0 Å². The van der Waals surface area contributed by atoms with Gasteiger partial charge in [0.1, 0.15) is 11.9 Å². The first kappa shape index (κ1) is 23.5. The molecule has 1 N–H and O–H groups in total. The van der Waals surface area contributed by atoms with Crippen LogP contribution in [-0.4, -0.2) is 79.0 Å². The van der Waals surface area contributed by atoms with Crippen molar-refractivity contribution in [2.24, 2.45) is 0 Å². The highest BCUT2D eigenvalue weighted by atomic mass is 19.1.